The van der Waals surface area contributed by atoms with Crippen LogP contribution in [-0.4, -0.2) is 43.5 Å². The Bertz CT molecular complexity index is 1490. The topological polar surface area (TPSA) is 59.2 Å². The number of halogens is 2. The molecule has 0 atom stereocenters. The van der Waals surface area contributed by atoms with Crippen molar-refractivity contribution in [3.05, 3.63) is 77.2 Å². The maximum Gasteiger partial charge on any atom is 0.264 e. The van der Waals surface area contributed by atoms with E-state index >= 15 is 0 Å². The van der Waals surface area contributed by atoms with Crippen molar-refractivity contribution in [3.8, 4) is 16.8 Å². The van der Waals surface area contributed by atoms with Crippen molar-refractivity contribution < 1.29 is 13.6 Å². The molecular weight excluding hydrogens is 486 g/mol. The molecule has 7 nitrogen and oxygen atoms in total. The Labute approximate surface area is 220 Å². The summed E-state index contributed by atoms with van der Waals surface area (Å²) in [5.74, 6) is 0.849. The van der Waals surface area contributed by atoms with Crippen molar-refractivity contribution in [1.82, 2.24) is 24.5 Å². The van der Waals surface area contributed by atoms with Gasteiger partial charge >= 0.3 is 0 Å². The van der Waals surface area contributed by atoms with Crippen LogP contribution in [-0.2, 0) is 31.2 Å². The van der Waals surface area contributed by atoms with E-state index < -0.39 is 6.43 Å². The number of nitrogens with zero attached hydrogens (tertiary/aromatic N) is 6. The predicted molar refractivity (Wildman–Crippen MR) is 142 cm³/mol. The fourth-order valence-corrected chi connectivity index (χ4v) is 5.70. The third kappa shape index (κ3) is 4.15. The van der Waals surface area contributed by atoms with Gasteiger partial charge in [-0.1, -0.05) is 25.1 Å². The lowest BCUT2D eigenvalue weighted by molar-refractivity contribution is -0.131. The lowest BCUT2D eigenvalue weighted by atomic mass is 9.92. The first-order valence-electron chi connectivity index (χ1n) is 13.1. The first-order chi connectivity index (χ1) is 18.4. The van der Waals surface area contributed by atoms with Gasteiger partial charge < -0.3 is 9.80 Å². The molecule has 0 saturated carbocycles. The second kappa shape index (κ2) is 9.70. The molecule has 4 aromatic rings. The average molecular weight is 517 g/mol. The Balaban J connectivity index is 1.50. The third-order valence-electron chi connectivity index (χ3n) is 7.57. The van der Waals surface area contributed by atoms with Crippen LogP contribution in [0.15, 0.2) is 54.9 Å². The molecule has 1 amide bonds. The SMILES string of the molecule is CCC(=O)N1CCc2c(c(N3CCCc4cc(-c5cnn(C)c5)c(C(F)F)cc43)nn2-c2ccccc2)C1. The third-order valence-corrected chi connectivity index (χ3v) is 7.57. The molecule has 0 aliphatic carbocycles. The van der Waals surface area contributed by atoms with Crippen LogP contribution in [0.2, 0.25) is 0 Å². The normalized spacial score (nSPS) is 15.1. The Kier molecular flexibility index (Phi) is 6.21. The van der Waals surface area contributed by atoms with Crippen LogP contribution in [0.5, 0.6) is 0 Å². The Morgan fingerprint density at radius 1 is 1.11 bits per heavy atom. The lowest BCUT2D eigenvalue weighted by Crippen LogP contribution is -2.36. The number of aromatic nitrogens is 4. The summed E-state index contributed by atoms with van der Waals surface area (Å²) in [5.41, 5.74) is 5.97. The van der Waals surface area contributed by atoms with Gasteiger partial charge in [-0.3, -0.25) is 9.48 Å². The molecule has 2 aliphatic rings. The van der Waals surface area contributed by atoms with Crippen LogP contribution in [0.25, 0.3) is 16.8 Å². The second-order valence-electron chi connectivity index (χ2n) is 9.94. The molecule has 2 aromatic heterocycles. The number of fused-ring (bicyclic) bond motifs is 2. The maximum absolute atomic E-state index is 14.4. The Morgan fingerprint density at radius 2 is 1.92 bits per heavy atom. The monoisotopic (exact) mass is 516 g/mol. The van der Waals surface area contributed by atoms with Gasteiger partial charge in [-0.15, -0.1) is 5.10 Å². The minimum atomic E-state index is -2.63. The highest BCUT2D eigenvalue weighted by Crippen LogP contribution is 2.43. The smallest absolute Gasteiger partial charge is 0.264 e. The highest BCUT2D eigenvalue weighted by molar-refractivity contribution is 5.79. The van der Waals surface area contributed by atoms with E-state index in [0.29, 0.717) is 43.6 Å². The molecule has 9 heteroatoms. The number of carbonyl (C=O) groups is 1. The quantitative estimate of drug-likeness (QED) is 0.347. The van der Waals surface area contributed by atoms with Gasteiger partial charge in [-0.2, -0.15) is 5.10 Å². The first kappa shape index (κ1) is 24.3. The molecule has 2 aliphatic heterocycles. The summed E-state index contributed by atoms with van der Waals surface area (Å²) < 4.78 is 32.4. The molecule has 0 spiro atoms. The van der Waals surface area contributed by atoms with Gasteiger partial charge in [-0.05, 0) is 48.2 Å². The van der Waals surface area contributed by atoms with Crippen molar-refractivity contribution in [1.29, 1.82) is 0 Å². The van der Waals surface area contributed by atoms with Crippen LogP contribution < -0.4 is 4.90 Å². The molecule has 6 rings (SSSR count). The number of amides is 1. The number of rotatable bonds is 5. The van der Waals surface area contributed by atoms with E-state index in [9.17, 15) is 13.6 Å². The number of anilines is 2. The number of alkyl halides is 2. The highest BCUT2D eigenvalue weighted by atomic mass is 19.3. The summed E-state index contributed by atoms with van der Waals surface area (Å²) >= 11 is 0. The minimum absolute atomic E-state index is 0.0113. The van der Waals surface area contributed by atoms with Crippen LogP contribution in [0.3, 0.4) is 0 Å². The molecule has 0 unspecified atom stereocenters. The van der Waals surface area contributed by atoms with Gasteiger partial charge in [0.05, 0.1) is 24.1 Å². The Hall–Kier alpha value is -4.01. The van der Waals surface area contributed by atoms with Gasteiger partial charge in [0.25, 0.3) is 6.43 Å². The molecule has 0 N–H and O–H groups in total. The van der Waals surface area contributed by atoms with E-state index in [4.69, 9.17) is 5.10 Å². The Morgan fingerprint density at radius 3 is 2.63 bits per heavy atom. The number of aryl methyl sites for hydroxylation is 2. The summed E-state index contributed by atoms with van der Waals surface area (Å²) in [6, 6.07) is 13.5. The number of para-hydroxylation sites is 1. The van der Waals surface area contributed by atoms with Crippen LogP contribution in [0, 0.1) is 0 Å². The molecule has 2 aromatic carbocycles. The van der Waals surface area contributed by atoms with Crippen LogP contribution >= 0.6 is 0 Å². The number of carbonyl (C=O) groups excluding carboxylic acids is 1. The lowest BCUT2D eigenvalue weighted by Gasteiger charge is -2.33. The summed E-state index contributed by atoms with van der Waals surface area (Å²) in [5, 5.41) is 9.26. The molecular formula is C29H30F2N6O. The zero-order chi connectivity index (χ0) is 26.4. The fraction of sp³-hybridized carbons (Fsp3) is 0.345. The predicted octanol–water partition coefficient (Wildman–Crippen LogP) is 5.59. The average Bonchev–Trinajstić information content (AvgIpc) is 3.55. The number of benzene rings is 2. The van der Waals surface area contributed by atoms with Crippen molar-refractivity contribution in [2.75, 3.05) is 18.0 Å². The molecule has 38 heavy (non-hydrogen) atoms. The zero-order valence-electron chi connectivity index (χ0n) is 21.6. The largest absolute Gasteiger partial charge is 0.338 e. The van der Waals surface area contributed by atoms with Crippen molar-refractivity contribution >= 4 is 17.4 Å². The van der Waals surface area contributed by atoms with Gasteiger partial charge in [0.15, 0.2) is 5.82 Å². The zero-order valence-corrected chi connectivity index (χ0v) is 21.6. The van der Waals surface area contributed by atoms with Crippen molar-refractivity contribution in [2.45, 2.75) is 45.6 Å². The molecule has 0 saturated heterocycles. The molecule has 0 radical (unpaired) electrons. The maximum atomic E-state index is 14.4. The molecule has 4 heterocycles. The van der Waals surface area contributed by atoms with Crippen LogP contribution in [0.4, 0.5) is 20.3 Å². The van der Waals surface area contributed by atoms with Gasteiger partial charge in [0, 0.05) is 61.6 Å². The highest BCUT2D eigenvalue weighted by Gasteiger charge is 2.33. The van der Waals surface area contributed by atoms with Crippen molar-refractivity contribution in [2.24, 2.45) is 7.05 Å². The van der Waals surface area contributed by atoms with E-state index in [1.807, 2.05) is 52.9 Å². The fourth-order valence-electron chi connectivity index (χ4n) is 5.70. The molecule has 196 valence electrons. The van der Waals surface area contributed by atoms with E-state index in [1.165, 1.54) is 0 Å². The van der Waals surface area contributed by atoms with Gasteiger partial charge in [-0.25, -0.2) is 13.5 Å². The second-order valence-corrected chi connectivity index (χ2v) is 9.94. The summed E-state index contributed by atoms with van der Waals surface area (Å²) in [6.07, 6.45) is 3.57. The van der Waals surface area contributed by atoms with E-state index in [-0.39, 0.29) is 11.5 Å². The van der Waals surface area contributed by atoms with E-state index in [1.54, 1.807) is 30.2 Å². The first-order valence-corrected chi connectivity index (χ1v) is 13.1. The van der Waals surface area contributed by atoms with E-state index in [2.05, 4.69) is 10.00 Å². The number of hydrogen-bond acceptors (Lipinski definition) is 4. The molecule has 0 bridgehead atoms. The van der Waals surface area contributed by atoms with Crippen molar-refractivity contribution in [3.63, 3.8) is 0 Å². The molecule has 0 fully saturated rings. The van der Waals surface area contributed by atoms with Gasteiger partial charge in [0.1, 0.15) is 0 Å². The summed E-state index contributed by atoms with van der Waals surface area (Å²) in [7, 11) is 1.78. The van der Waals surface area contributed by atoms with E-state index in [0.717, 1.165) is 46.9 Å². The minimum Gasteiger partial charge on any atom is -0.338 e. The number of hydrogen-bond donors (Lipinski definition) is 0. The standard InChI is InChI=1S/C29H30F2N6O/c1-3-27(38)35-13-11-25-24(18-35)29(33-37(25)21-9-5-4-6-10-21)36-12-7-8-19-14-22(20-16-32-34(2)17-20)23(28(30)31)15-26(19)36/h4-6,9-10,14-17,28H,3,7-8,11-13,18H2,1-2H3. The van der Waals surface area contributed by atoms with Gasteiger partial charge in [0.2, 0.25) is 5.91 Å². The summed E-state index contributed by atoms with van der Waals surface area (Å²) in [4.78, 5) is 16.6. The van der Waals surface area contributed by atoms with Crippen LogP contribution in [0.1, 0.15) is 48.6 Å². The summed E-state index contributed by atoms with van der Waals surface area (Å²) in [6.45, 7) is 3.64.